The first-order valence-corrected chi connectivity index (χ1v) is 17.6. The van der Waals surface area contributed by atoms with Crippen molar-refractivity contribution in [1.82, 2.24) is 0 Å². The third kappa shape index (κ3) is 4.30. The minimum atomic E-state index is -0.411. The molecule has 0 aromatic heterocycles. The lowest BCUT2D eigenvalue weighted by Gasteiger charge is -2.34. The Morgan fingerprint density at radius 3 is 1.78 bits per heavy atom. The maximum absolute atomic E-state index is 2.49. The summed E-state index contributed by atoms with van der Waals surface area (Å²) in [5, 5.41) is 0. The van der Waals surface area contributed by atoms with Crippen molar-refractivity contribution in [3.05, 3.63) is 213 Å². The molecule has 9 rings (SSSR count). The van der Waals surface area contributed by atoms with E-state index in [9.17, 15) is 0 Å². The Kier molecular flexibility index (Phi) is 6.68. The Bertz CT molecular complexity index is 2330. The monoisotopic (exact) mass is 628 g/mol. The lowest BCUT2D eigenvalue weighted by Crippen LogP contribution is -2.29. The molecule has 0 heterocycles. The molecule has 0 bridgehead atoms. The van der Waals surface area contributed by atoms with E-state index in [0.29, 0.717) is 0 Å². The summed E-state index contributed by atoms with van der Waals surface area (Å²) < 4.78 is 0. The summed E-state index contributed by atoms with van der Waals surface area (Å²) in [6.45, 7) is 9.15. The van der Waals surface area contributed by atoms with E-state index >= 15 is 0 Å². The van der Waals surface area contributed by atoms with Crippen molar-refractivity contribution in [2.24, 2.45) is 0 Å². The minimum absolute atomic E-state index is 0.205. The number of benzene rings is 7. The third-order valence-electron chi connectivity index (χ3n) is 11.5. The van der Waals surface area contributed by atoms with Crippen molar-refractivity contribution in [3.8, 4) is 33.4 Å². The fourth-order valence-corrected chi connectivity index (χ4v) is 9.32. The molecule has 7 aromatic carbocycles. The molecule has 236 valence electrons. The average molecular weight is 629 g/mol. The molecule has 0 amide bonds. The highest BCUT2D eigenvalue weighted by Crippen LogP contribution is 2.59. The molecule has 0 heteroatoms. The van der Waals surface area contributed by atoms with Gasteiger partial charge in [0.15, 0.2) is 0 Å². The number of hydrogen-bond donors (Lipinski definition) is 0. The molecule has 0 spiro atoms. The molecule has 2 aliphatic rings. The molecule has 0 fully saturated rings. The van der Waals surface area contributed by atoms with Crippen LogP contribution in [-0.4, -0.2) is 0 Å². The molecule has 0 saturated heterocycles. The quantitative estimate of drug-likeness (QED) is 0.178. The van der Waals surface area contributed by atoms with E-state index in [1.54, 1.807) is 0 Å². The summed E-state index contributed by atoms with van der Waals surface area (Å²) in [7, 11) is 0. The van der Waals surface area contributed by atoms with Crippen molar-refractivity contribution < 1.29 is 0 Å². The predicted octanol–water partition coefficient (Wildman–Crippen LogP) is 12.2. The van der Waals surface area contributed by atoms with Gasteiger partial charge in [-0.15, -0.1) is 0 Å². The molecule has 0 nitrogen and oxygen atoms in total. The Morgan fingerprint density at radius 1 is 0.449 bits per heavy atom. The van der Waals surface area contributed by atoms with Gasteiger partial charge in [0.05, 0.1) is 5.41 Å². The van der Waals surface area contributed by atoms with Crippen LogP contribution in [0.25, 0.3) is 33.4 Å². The van der Waals surface area contributed by atoms with Gasteiger partial charge in [0.1, 0.15) is 0 Å². The van der Waals surface area contributed by atoms with E-state index < -0.39 is 5.41 Å². The SMILES string of the molecule is Cc1ccc(C2(c3ccc(C)cc3)c3ccccc3-c3c(CC4(C)c5cc(-c6ccccc6)ccc5-c5cccc(C)c54)cccc32)cc1. The van der Waals surface area contributed by atoms with Crippen molar-refractivity contribution >= 4 is 0 Å². The largest absolute Gasteiger partial charge is 0.0713 e. The molecule has 0 saturated carbocycles. The summed E-state index contributed by atoms with van der Waals surface area (Å²) in [4.78, 5) is 0. The second kappa shape index (κ2) is 11.0. The van der Waals surface area contributed by atoms with Gasteiger partial charge in [-0.2, -0.15) is 0 Å². The zero-order valence-electron chi connectivity index (χ0n) is 28.7. The molecule has 49 heavy (non-hydrogen) atoms. The molecular formula is C49H40. The predicted molar refractivity (Wildman–Crippen MR) is 205 cm³/mol. The first-order valence-electron chi connectivity index (χ1n) is 17.6. The van der Waals surface area contributed by atoms with Crippen LogP contribution in [0.2, 0.25) is 0 Å². The lowest BCUT2D eigenvalue weighted by molar-refractivity contribution is 0.580. The van der Waals surface area contributed by atoms with Crippen LogP contribution in [0.3, 0.4) is 0 Å². The van der Waals surface area contributed by atoms with Crippen molar-refractivity contribution in [2.45, 2.75) is 44.9 Å². The van der Waals surface area contributed by atoms with Crippen LogP contribution in [0.5, 0.6) is 0 Å². The first kappa shape index (κ1) is 29.7. The van der Waals surface area contributed by atoms with Gasteiger partial charge < -0.3 is 0 Å². The van der Waals surface area contributed by atoms with Gasteiger partial charge in [0, 0.05) is 5.41 Å². The average Bonchev–Trinajstić information content (AvgIpc) is 3.57. The zero-order valence-corrected chi connectivity index (χ0v) is 28.7. The second-order valence-electron chi connectivity index (χ2n) is 14.5. The zero-order chi connectivity index (χ0) is 33.3. The van der Waals surface area contributed by atoms with Crippen LogP contribution < -0.4 is 0 Å². The molecular weight excluding hydrogens is 589 g/mol. The van der Waals surface area contributed by atoms with Crippen molar-refractivity contribution in [3.63, 3.8) is 0 Å². The van der Waals surface area contributed by atoms with E-state index in [2.05, 4.69) is 185 Å². The molecule has 0 radical (unpaired) electrons. The summed E-state index contributed by atoms with van der Waals surface area (Å²) >= 11 is 0. The fourth-order valence-electron chi connectivity index (χ4n) is 9.32. The van der Waals surface area contributed by atoms with Crippen LogP contribution in [0, 0.1) is 20.8 Å². The summed E-state index contributed by atoms with van der Waals surface area (Å²) in [6, 6.07) is 59.6. The van der Waals surface area contributed by atoms with E-state index in [0.717, 1.165) is 6.42 Å². The Labute approximate surface area is 290 Å². The smallest absolute Gasteiger partial charge is 0.0622 e. The molecule has 0 aliphatic heterocycles. The summed E-state index contributed by atoms with van der Waals surface area (Å²) in [5.41, 5.74) is 21.0. The fraction of sp³-hybridized carbons (Fsp3) is 0.143. The standard InChI is InChI=1S/C49H40/c1-32-20-25-38(26-21-32)49(39-27-22-33(2)23-28-39)43-18-9-8-16-42(43)46-37(15-11-19-44(46)49)31-48(4)45-30-36(35-13-6-5-7-14-35)24-29-40(45)41-17-10-12-34(3)47(41)48/h5-30H,31H2,1-4H3. The van der Waals surface area contributed by atoms with E-state index in [1.165, 1.54) is 89.0 Å². The van der Waals surface area contributed by atoms with Crippen molar-refractivity contribution in [2.75, 3.05) is 0 Å². The van der Waals surface area contributed by atoms with Crippen LogP contribution in [0.1, 0.15) is 62.6 Å². The van der Waals surface area contributed by atoms with E-state index in [-0.39, 0.29) is 5.41 Å². The summed E-state index contributed by atoms with van der Waals surface area (Å²) in [6.07, 6.45) is 0.908. The maximum Gasteiger partial charge on any atom is 0.0713 e. The second-order valence-corrected chi connectivity index (χ2v) is 14.5. The third-order valence-corrected chi connectivity index (χ3v) is 11.5. The van der Waals surface area contributed by atoms with Gasteiger partial charge in [0.2, 0.25) is 0 Å². The Hall–Kier alpha value is -5.46. The highest BCUT2D eigenvalue weighted by Gasteiger charge is 2.48. The maximum atomic E-state index is 2.49. The minimum Gasteiger partial charge on any atom is -0.0622 e. The number of fused-ring (bicyclic) bond motifs is 6. The van der Waals surface area contributed by atoms with Crippen LogP contribution >= 0.6 is 0 Å². The summed E-state index contributed by atoms with van der Waals surface area (Å²) in [5.74, 6) is 0. The highest BCUT2D eigenvalue weighted by atomic mass is 14.5. The molecule has 2 aliphatic carbocycles. The van der Waals surface area contributed by atoms with Crippen LogP contribution in [-0.2, 0) is 17.3 Å². The topological polar surface area (TPSA) is 0 Å². The molecule has 7 aromatic rings. The normalized spacial score (nSPS) is 16.5. The highest BCUT2D eigenvalue weighted by molar-refractivity contribution is 5.90. The van der Waals surface area contributed by atoms with Crippen molar-refractivity contribution in [1.29, 1.82) is 0 Å². The van der Waals surface area contributed by atoms with Gasteiger partial charge in [-0.3, -0.25) is 0 Å². The lowest BCUT2D eigenvalue weighted by atomic mass is 9.67. The first-order chi connectivity index (χ1) is 23.9. The Balaban J connectivity index is 1.30. The van der Waals surface area contributed by atoms with Gasteiger partial charge in [0.25, 0.3) is 0 Å². The van der Waals surface area contributed by atoms with Gasteiger partial charge in [-0.25, -0.2) is 0 Å². The van der Waals surface area contributed by atoms with Gasteiger partial charge >= 0.3 is 0 Å². The van der Waals surface area contributed by atoms with Gasteiger partial charge in [-0.1, -0.05) is 170 Å². The molecule has 1 atom stereocenters. The van der Waals surface area contributed by atoms with E-state index in [1.807, 2.05) is 0 Å². The molecule has 0 N–H and O–H groups in total. The Morgan fingerprint density at radius 2 is 1.06 bits per heavy atom. The number of aryl methyl sites for hydroxylation is 3. The number of hydrogen-bond acceptors (Lipinski definition) is 0. The number of rotatable bonds is 5. The van der Waals surface area contributed by atoms with Crippen LogP contribution in [0.15, 0.2) is 158 Å². The van der Waals surface area contributed by atoms with Crippen LogP contribution in [0.4, 0.5) is 0 Å². The van der Waals surface area contributed by atoms with Gasteiger partial charge in [-0.05, 0) is 111 Å². The van der Waals surface area contributed by atoms with E-state index in [4.69, 9.17) is 0 Å². The molecule has 1 unspecified atom stereocenters.